The van der Waals surface area contributed by atoms with Crippen LogP contribution in [0.4, 0.5) is 0 Å². The number of ether oxygens (including phenoxy) is 1. The van der Waals surface area contributed by atoms with Crippen molar-refractivity contribution in [1.82, 2.24) is 4.90 Å². The van der Waals surface area contributed by atoms with E-state index in [0.29, 0.717) is 6.54 Å². The highest BCUT2D eigenvalue weighted by Crippen LogP contribution is 2.31. The van der Waals surface area contributed by atoms with Gasteiger partial charge in [-0.1, -0.05) is 31.0 Å². The molecule has 106 valence electrons. The summed E-state index contributed by atoms with van der Waals surface area (Å²) < 4.78 is 5.47. The predicted octanol–water partition coefficient (Wildman–Crippen LogP) is 2.82. The van der Waals surface area contributed by atoms with Crippen molar-refractivity contribution in [3.05, 3.63) is 29.8 Å². The lowest BCUT2D eigenvalue weighted by molar-refractivity contribution is 0.208. The molecule has 3 nitrogen and oxygen atoms in total. The van der Waals surface area contributed by atoms with Gasteiger partial charge in [0.15, 0.2) is 0 Å². The molecule has 1 fully saturated rings. The largest absolute Gasteiger partial charge is 0.496 e. The molecule has 1 atom stereocenters. The first-order valence-corrected chi connectivity index (χ1v) is 7.29. The van der Waals surface area contributed by atoms with Gasteiger partial charge < -0.3 is 10.5 Å². The van der Waals surface area contributed by atoms with Gasteiger partial charge in [0.2, 0.25) is 0 Å². The van der Waals surface area contributed by atoms with Crippen LogP contribution >= 0.6 is 0 Å². The maximum atomic E-state index is 6.01. The van der Waals surface area contributed by atoms with Crippen molar-refractivity contribution in [2.24, 2.45) is 11.7 Å². The molecule has 0 aromatic heterocycles. The Morgan fingerprint density at radius 1 is 1.32 bits per heavy atom. The molecule has 0 aliphatic heterocycles. The van der Waals surface area contributed by atoms with Gasteiger partial charge in [0.05, 0.1) is 13.2 Å². The Labute approximate surface area is 116 Å². The highest BCUT2D eigenvalue weighted by atomic mass is 16.5. The third-order valence-electron chi connectivity index (χ3n) is 4.27. The molecule has 3 heteroatoms. The second-order valence-corrected chi connectivity index (χ2v) is 5.58. The number of hydrogen-bond acceptors (Lipinski definition) is 3. The molecular formula is C16H26N2O. The van der Waals surface area contributed by atoms with Gasteiger partial charge in [0, 0.05) is 18.7 Å². The molecule has 1 saturated carbocycles. The van der Waals surface area contributed by atoms with Crippen molar-refractivity contribution in [2.75, 3.05) is 27.2 Å². The van der Waals surface area contributed by atoms with E-state index in [9.17, 15) is 0 Å². The Kier molecular flexibility index (Phi) is 5.23. The summed E-state index contributed by atoms with van der Waals surface area (Å²) in [4.78, 5) is 2.40. The molecule has 0 heterocycles. The number of para-hydroxylation sites is 1. The molecule has 0 radical (unpaired) electrons. The topological polar surface area (TPSA) is 38.5 Å². The summed E-state index contributed by atoms with van der Waals surface area (Å²) in [5, 5.41) is 0. The highest BCUT2D eigenvalue weighted by molar-refractivity contribution is 5.36. The predicted molar refractivity (Wildman–Crippen MR) is 79.4 cm³/mol. The zero-order chi connectivity index (χ0) is 13.7. The summed E-state index contributed by atoms with van der Waals surface area (Å²) >= 11 is 0. The van der Waals surface area contributed by atoms with E-state index in [1.165, 1.54) is 31.2 Å². The van der Waals surface area contributed by atoms with Crippen LogP contribution in [0.2, 0.25) is 0 Å². The molecule has 1 aromatic carbocycles. The average Bonchev–Trinajstić information content (AvgIpc) is 2.93. The van der Waals surface area contributed by atoms with E-state index >= 15 is 0 Å². The molecule has 19 heavy (non-hydrogen) atoms. The summed E-state index contributed by atoms with van der Waals surface area (Å²) in [6.45, 7) is 1.77. The summed E-state index contributed by atoms with van der Waals surface area (Å²) in [7, 11) is 3.91. The van der Waals surface area contributed by atoms with E-state index in [2.05, 4.69) is 24.1 Å². The van der Waals surface area contributed by atoms with E-state index < -0.39 is 0 Å². The lowest BCUT2D eigenvalue weighted by atomic mass is 10.0. The number of methoxy groups -OCH3 is 1. The minimum Gasteiger partial charge on any atom is -0.496 e. The van der Waals surface area contributed by atoms with Gasteiger partial charge in [-0.25, -0.2) is 0 Å². The van der Waals surface area contributed by atoms with Crippen LogP contribution in [-0.2, 0) is 0 Å². The van der Waals surface area contributed by atoms with E-state index in [-0.39, 0.29) is 6.04 Å². The van der Waals surface area contributed by atoms with Gasteiger partial charge >= 0.3 is 0 Å². The van der Waals surface area contributed by atoms with Gasteiger partial charge in [-0.05, 0) is 31.9 Å². The van der Waals surface area contributed by atoms with Crippen LogP contribution in [0.15, 0.2) is 24.3 Å². The van der Waals surface area contributed by atoms with E-state index in [0.717, 1.165) is 18.2 Å². The second kappa shape index (κ2) is 6.92. The van der Waals surface area contributed by atoms with Crippen molar-refractivity contribution in [3.63, 3.8) is 0 Å². The second-order valence-electron chi connectivity index (χ2n) is 5.58. The fraction of sp³-hybridized carbons (Fsp3) is 0.625. The molecule has 0 saturated heterocycles. The Bertz CT molecular complexity index is 388. The zero-order valence-electron chi connectivity index (χ0n) is 12.1. The summed E-state index contributed by atoms with van der Waals surface area (Å²) in [5.41, 5.74) is 7.21. The fourth-order valence-electron chi connectivity index (χ4n) is 3.21. The zero-order valence-corrected chi connectivity index (χ0v) is 12.1. The van der Waals surface area contributed by atoms with Crippen molar-refractivity contribution in [1.29, 1.82) is 0 Å². The summed E-state index contributed by atoms with van der Waals surface area (Å²) in [6.07, 6.45) is 5.52. The third-order valence-corrected chi connectivity index (χ3v) is 4.27. The molecule has 0 amide bonds. The molecule has 2 N–H and O–H groups in total. The van der Waals surface area contributed by atoms with Crippen LogP contribution in [0.25, 0.3) is 0 Å². The minimum atomic E-state index is 0.247. The number of nitrogens with two attached hydrogens (primary N) is 1. The number of likely N-dealkylation sites (N-methyl/N-ethyl adjacent to an activating group) is 1. The number of nitrogens with zero attached hydrogens (tertiary/aromatic N) is 1. The maximum Gasteiger partial charge on any atom is 0.123 e. The molecule has 1 aliphatic rings. The fourth-order valence-corrected chi connectivity index (χ4v) is 3.21. The first-order chi connectivity index (χ1) is 9.26. The van der Waals surface area contributed by atoms with Gasteiger partial charge in [-0.2, -0.15) is 0 Å². The van der Waals surface area contributed by atoms with Crippen LogP contribution in [-0.4, -0.2) is 32.1 Å². The first-order valence-electron chi connectivity index (χ1n) is 7.29. The molecule has 0 spiro atoms. The molecule has 1 unspecified atom stereocenters. The molecule has 2 rings (SSSR count). The summed E-state index contributed by atoms with van der Waals surface area (Å²) in [5.74, 6) is 1.78. The SMILES string of the molecule is COc1ccccc1C(CN)N(C)CC1CCCC1. The Morgan fingerprint density at radius 2 is 2.00 bits per heavy atom. The molecule has 1 aliphatic carbocycles. The minimum absolute atomic E-state index is 0.247. The molecule has 0 bridgehead atoms. The number of benzene rings is 1. The monoisotopic (exact) mass is 262 g/mol. The summed E-state index contributed by atoms with van der Waals surface area (Å²) in [6, 6.07) is 8.46. The van der Waals surface area contributed by atoms with Gasteiger partial charge in [-0.15, -0.1) is 0 Å². The highest BCUT2D eigenvalue weighted by Gasteiger charge is 2.23. The molecular weight excluding hydrogens is 236 g/mol. The number of hydrogen-bond donors (Lipinski definition) is 1. The lowest BCUT2D eigenvalue weighted by Gasteiger charge is -2.30. The number of rotatable bonds is 6. The Morgan fingerprint density at radius 3 is 2.63 bits per heavy atom. The first kappa shape index (κ1) is 14.4. The standard InChI is InChI=1S/C16H26N2O/c1-18(12-13-7-3-4-8-13)15(11-17)14-9-5-6-10-16(14)19-2/h5-6,9-10,13,15H,3-4,7-8,11-12,17H2,1-2H3. The van der Waals surface area contributed by atoms with Crippen LogP contribution < -0.4 is 10.5 Å². The van der Waals surface area contributed by atoms with Crippen LogP contribution in [0.1, 0.15) is 37.3 Å². The van der Waals surface area contributed by atoms with E-state index in [4.69, 9.17) is 10.5 Å². The molecule has 1 aromatic rings. The third kappa shape index (κ3) is 3.48. The van der Waals surface area contributed by atoms with Crippen molar-refractivity contribution < 1.29 is 4.74 Å². The van der Waals surface area contributed by atoms with E-state index in [1.54, 1.807) is 7.11 Å². The smallest absolute Gasteiger partial charge is 0.123 e. The van der Waals surface area contributed by atoms with Crippen molar-refractivity contribution in [3.8, 4) is 5.75 Å². The Balaban J connectivity index is 2.09. The van der Waals surface area contributed by atoms with Gasteiger partial charge in [0.1, 0.15) is 5.75 Å². The Hall–Kier alpha value is -1.06. The van der Waals surface area contributed by atoms with Gasteiger partial charge in [-0.3, -0.25) is 4.90 Å². The van der Waals surface area contributed by atoms with Crippen LogP contribution in [0, 0.1) is 5.92 Å². The average molecular weight is 262 g/mol. The van der Waals surface area contributed by atoms with E-state index in [1.807, 2.05) is 12.1 Å². The lowest BCUT2D eigenvalue weighted by Crippen LogP contribution is -2.34. The van der Waals surface area contributed by atoms with Crippen molar-refractivity contribution >= 4 is 0 Å². The quantitative estimate of drug-likeness (QED) is 0.856. The van der Waals surface area contributed by atoms with Crippen molar-refractivity contribution in [2.45, 2.75) is 31.7 Å². The van der Waals surface area contributed by atoms with Crippen LogP contribution in [0.5, 0.6) is 5.75 Å². The van der Waals surface area contributed by atoms with Gasteiger partial charge in [0.25, 0.3) is 0 Å². The maximum absolute atomic E-state index is 6.01. The van der Waals surface area contributed by atoms with Crippen LogP contribution in [0.3, 0.4) is 0 Å². The normalized spacial score (nSPS) is 17.9.